The fourth-order valence-corrected chi connectivity index (χ4v) is 3.15. The maximum atomic E-state index is 12.1. The fraction of sp³-hybridized carbons (Fsp3) is 0.438. The molecular formula is C16H19ClN4O. The first-order chi connectivity index (χ1) is 10.6. The van der Waals surface area contributed by atoms with Crippen molar-refractivity contribution >= 4 is 23.3 Å². The maximum Gasteiger partial charge on any atom is 0.231 e. The van der Waals surface area contributed by atoms with Crippen molar-refractivity contribution in [1.29, 1.82) is 0 Å². The van der Waals surface area contributed by atoms with E-state index in [1.165, 1.54) is 25.7 Å². The van der Waals surface area contributed by atoms with Crippen LogP contribution in [-0.2, 0) is 11.2 Å². The summed E-state index contributed by atoms with van der Waals surface area (Å²) in [5.74, 6) is 1.01. The van der Waals surface area contributed by atoms with Crippen molar-refractivity contribution in [1.82, 2.24) is 15.2 Å². The van der Waals surface area contributed by atoms with Gasteiger partial charge in [-0.05, 0) is 31.4 Å². The highest BCUT2D eigenvalue weighted by Gasteiger charge is 2.19. The van der Waals surface area contributed by atoms with Gasteiger partial charge in [-0.1, -0.05) is 24.4 Å². The van der Waals surface area contributed by atoms with Crippen molar-refractivity contribution in [3.63, 3.8) is 0 Å². The minimum atomic E-state index is -0.123. The first kappa shape index (κ1) is 15.0. The molecule has 116 valence electrons. The highest BCUT2D eigenvalue weighted by atomic mass is 35.5. The zero-order valence-electron chi connectivity index (χ0n) is 12.5. The lowest BCUT2D eigenvalue weighted by Gasteiger charge is -2.05. The second-order valence-electron chi connectivity index (χ2n) is 5.83. The van der Waals surface area contributed by atoms with Gasteiger partial charge >= 0.3 is 0 Å². The van der Waals surface area contributed by atoms with Crippen LogP contribution in [-0.4, -0.2) is 21.1 Å². The smallest absolute Gasteiger partial charge is 0.231 e. The van der Waals surface area contributed by atoms with Crippen LogP contribution >= 0.6 is 11.6 Å². The van der Waals surface area contributed by atoms with Crippen LogP contribution in [0.25, 0.3) is 0 Å². The van der Waals surface area contributed by atoms with Gasteiger partial charge in [-0.3, -0.25) is 14.9 Å². The van der Waals surface area contributed by atoms with Gasteiger partial charge in [0.1, 0.15) is 0 Å². The van der Waals surface area contributed by atoms with E-state index in [9.17, 15) is 4.79 Å². The molecule has 0 aromatic carbocycles. The number of anilines is 1. The van der Waals surface area contributed by atoms with Gasteiger partial charge in [0.15, 0.2) is 5.82 Å². The Balaban J connectivity index is 1.61. The molecule has 0 spiro atoms. The lowest BCUT2D eigenvalue weighted by atomic mass is 10.0. The predicted molar refractivity (Wildman–Crippen MR) is 86.1 cm³/mol. The van der Waals surface area contributed by atoms with Gasteiger partial charge in [-0.15, -0.1) is 0 Å². The van der Waals surface area contributed by atoms with Crippen LogP contribution < -0.4 is 5.32 Å². The number of nitrogens with one attached hydrogen (secondary N) is 2. The molecule has 1 aliphatic carbocycles. The summed E-state index contributed by atoms with van der Waals surface area (Å²) in [6.45, 7) is 1.90. The third kappa shape index (κ3) is 3.47. The number of rotatable bonds is 4. The number of carbonyl (C=O) groups excluding carboxylic acids is 1. The van der Waals surface area contributed by atoms with Crippen LogP contribution in [0.2, 0.25) is 5.02 Å². The lowest BCUT2D eigenvalue weighted by molar-refractivity contribution is -0.115. The molecule has 2 heterocycles. The summed E-state index contributed by atoms with van der Waals surface area (Å²) in [5, 5.41) is 10.6. The average molecular weight is 319 g/mol. The van der Waals surface area contributed by atoms with Gasteiger partial charge in [0.05, 0.1) is 17.1 Å². The van der Waals surface area contributed by atoms with Crippen LogP contribution in [0.3, 0.4) is 0 Å². The second kappa shape index (κ2) is 6.48. The number of aromatic nitrogens is 3. The Bertz CT molecular complexity index is 677. The van der Waals surface area contributed by atoms with Crippen LogP contribution in [0.4, 0.5) is 5.82 Å². The first-order valence-electron chi connectivity index (χ1n) is 7.58. The molecule has 0 unspecified atom stereocenters. The zero-order valence-corrected chi connectivity index (χ0v) is 13.3. The van der Waals surface area contributed by atoms with Crippen LogP contribution in [0.15, 0.2) is 18.3 Å². The van der Waals surface area contributed by atoms with Gasteiger partial charge in [-0.25, -0.2) is 0 Å². The molecule has 2 aromatic rings. The van der Waals surface area contributed by atoms with Crippen LogP contribution in [0.5, 0.6) is 0 Å². The van der Waals surface area contributed by atoms with Crippen molar-refractivity contribution in [2.75, 3.05) is 5.32 Å². The zero-order chi connectivity index (χ0) is 15.5. The number of aromatic amines is 1. The van der Waals surface area contributed by atoms with E-state index in [1.54, 1.807) is 6.20 Å². The lowest BCUT2D eigenvalue weighted by Crippen LogP contribution is -2.16. The number of pyridine rings is 1. The molecule has 22 heavy (non-hydrogen) atoms. The molecule has 0 aliphatic heterocycles. The van der Waals surface area contributed by atoms with Gasteiger partial charge < -0.3 is 5.32 Å². The van der Waals surface area contributed by atoms with Gasteiger partial charge in [0.2, 0.25) is 5.91 Å². The number of H-pyrrole nitrogens is 1. The van der Waals surface area contributed by atoms with Crippen molar-refractivity contribution < 1.29 is 4.79 Å². The number of amides is 1. The van der Waals surface area contributed by atoms with E-state index in [2.05, 4.69) is 20.5 Å². The van der Waals surface area contributed by atoms with E-state index >= 15 is 0 Å². The third-order valence-electron chi connectivity index (χ3n) is 4.14. The summed E-state index contributed by atoms with van der Waals surface area (Å²) >= 11 is 5.87. The van der Waals surface area contributed by atoms with Crippen LogP contribution in [0, 0.1) is 6.92 Å². The monoisotopic (exact) mass is 318 g/mol. The van der Waals surface area contributed by atoms with Crippen molar-refractivity contribution in [3.8, 4) is 0 Å². The van der Waals surface area contributed by atoms with E-state index in [1.807, 2.05) is 19.1 Å². The van der Waals surface area contributed by atoms with Crippen molar-refractivity contribution in [2.45, 2.75) is 44.9 Å². The highest BCUT2D eigenvalue weighted by molar-refractivity contribution is 6.30. The Morgan fingerprint density at radius 2 is 2.18 bits per heavy atom. The van der Waals surface area contributed by atoms with Crippen LogP contribution in [0.1, 0.15) is 48.6 Å². The van der Waals surface area contributed by atoms with Gasteiger partial charge in [0, 0.05) is 23.9 Å². The molecule has 0 atom stereocenters. The SMILES string of the molecule is Cc1cc(Cl)cnc1CC(=O)Nc1cc(C2CCCC2)[nH]n1. The normalized spacial score (nSPS) is 15.2. The molecule has 0 radical (unpaired) electrons. The van der Waals surface area contributed by atoms with E-state index in [0.29, 0.717) is 16.8 Å². The third-order valence-corrected chi connectivity index (χ3v) is 4.35. The number of nitrogens with zero attached hydrogens (tertiary/aromatic N) is 2. The molecule has 0 saturated heterocycles. The number of hydrogen-bond donors (Lipinski definition) is 2. The number of aryl methyl sites for hydroxylation is 1. The van der Waals surface area contributed by atoms with E-state index in [0.717, 1.165) is 17.0 Å². The molecule has 6 heteroatoms. The molecule has 1 aliphatic rings. The molecule has 2 N–H and O–H groups in total. The molecule has 1 amide bonds. The average Bonchev–Trinajstić information content (AvgIpc) is 3.12. The standard InChI is InChI=1S/C16H19ClN4O/c1-10-6-12(17)9-18-13(10)8-16(22)19-15-7-14(20-21-15)11-4-2-3-5-11/h6-7,9,11H,2-5,8H2,1H3,(H2,19,20,21,22). The van der Waals surface area contributed by atoms with E-state index in [-0.39, 0.29) is 12.3 Å². The summed E-state index contributed by atoms with van der Waals surface area (Å²) in [6, 6.07) is 3.75. The Morgan fingerprint density at radius 3 is 2.91 bits per heavy atom. The summed E-state index contributed by atoms with van der Waals surface area (Å²) < 4.78 is 0. The Labute approximate surface area is 134 Å². The number of hydrogen-bond acceptors (Lipinski definition) is 3. The number of halogens is 1. The minimum absolute atomic E-state index is 0.123. The van der Waals surface area contributed by atoms with Gasteiger partial charge in [-0.2, -0.15) is 5.10 Å². The molecule has 1 fully saturated rings. The summed E-state index contributed by atoms with van der Waals surface area (Å²) in [7, 11) is 0. The molecule has 2 aromatic heterocycles. The molecule has 0 bridgehead atoms. The largest absolute Gasteiger partial charge is 0.309 e. The highest BCUT2D eigenvalue weighted by Crippen LogP contribution is 2.33. The molecule has 3 rings (SSSR count). The second-order valence-corrected chi connectivity index (χ2v) is 6.27. The maximum absolute atomic E-state index is 12.1. The summed E-state index contributed by atoms with van der Waals surface area (Å²) in [6.07, 6.45) is 6.71. The minimum Gasteiger partial charge on any atom is -0.309 e. The van der Waals surface area contributed by atoms with Crippen molar-refractivity contribution in [3.05, 3.63) is 40.3 Å². The molecule has 1 saturated carbocycles. The Morgan fingerprint density at radius 1 is 1.41 bits per heavy atom. The molecule has 5 nitrogen and oxygen atoms in total. The van der Waals surface area contributed by atoms with E-state index < -0.39 is 0 Å². The Kier molecular flexibility index (Phi) is 4.43. The number of carbonyl (C=O) groups is 1. The van der Waals surface area contributed by atoms with Gasteiger partial charge in [0.25, 0.3) is 0 Å². The topological polar surface area (TPSA) is 70.7 Å². The van der Waals surface area contributed by atoms with E-state index in [4.69, 9.17) is 11.6 Å². The quantitative estimate of drug-likeness (QED) is 0.904. The predicted octanol–water partition coefficient (Wildman–Crippen LogP) is 3.61. The Hall–Kier alpha value is -1.88. The summed E-state index contributed by atoms with van der Waals surface area (Å²) in [4.78, 5) is 16.3. The molecular weight excluding hydrogens is 300 g/mol. The van der Waals surface area contributed by atoms with Crippen molar-refractivity contribution in [2.24, 2.45) is 0 Å². The first-order valence-corrected chi connectivity index (χ1v) is 7.96. The summed E-state index contributed by atoms with van der Waals surface area (Å²) in [5.41, 5.74) is 2.76. The fourth-order valence-electron chi connectivity index (χ4n) is 2.94.